The first-order valence-corrected chi connectivity index (χ1v) is 8.48. The number of halogens is 2. The Morgan fingerprint density at radius 2 is 2.33 bits per heavy atom. The van der Waals surface area contributed by atoms with Gasteiger partial charge in [0.2, 0.25) is 0 Å². The maximum absolute atomic E-state index is 6.27. The highest BCUT2D eigenvalue weighted by molar-refractivity contribution is 14.1. The molecule has 1 fully saturated rings. The van der Waals surface area contributed by atoms with Gasteiger partial charge in [-0.25, -0.2) is 0 Å². The molecule has 0 radical (unpaired) electrons. The van der Waals surface area contributed by atoms with Gasteiger partial charge in [0.15, 0.2) is 0 Å². The molecule has 0 N–H and O–H groups in total. The molecule has 0 heterocycles. The fraction of sp³-hybridized carbons (Fsp3) is 0.600. The van der Waals surface area contributed by atoms with Crippen LogP contribution in [0.3, 0.4) is 0 Å². The number of ether oxygens (including phenoxy) is 1. The van der Waals surface area contributed by atoms with Crippen LogP contribution in [0, 0.1) is 5.92 Å². The van der Waals surface area contributed by atoms with Crippen molar-refractivity contribution in [2.75, 3.05) is 4.43 Å². The highest BCUT2D eigenvalue weighted by Crippen LogP contribution is 2.37. The first kappa shape index (κ1) is 14.6. The molecular formula is C15H20ClIO. The van der Waals surface area contributed by atoms with E-state index in [9.17, 15) is 0 Å². The lowest BCUT2D eigenvalue weighted by atomic mass is 9.80. The molecule has 0 bridgehead atoms. The van der Waals surface area contributed by atoms with Crippen molar-refractivity contribution >= 4 is 34.2 Å². The lowest BCUT2D eigenvalue weighted by Crippen LogP contribution is -2.39. The number of hydrogen-bond acceptors (Lipinski definition) is 1. The van der Waals surface area contributed by atoms with E-state index in [0.29, 0.717) is 6.61 Å². The van der Waals surface area contributed by atoms with Crippen LogP contribution >= 0.6 is 34.2 Å². The van der Waals surface area contributed by atoms with Crippen LogP contribution < -0.4 is 0 Å². The number of alkyl halides is 1. The molecule has 2 atom stereocenters. The van der Waals surface area contributed by atoms with Gasteiger partial charge in [-0.3, -0.25) is 0 Å². The van der Waals surface area contributed by atoms with Crippen molar-refractivity contribution in [2.24, 2.45) is 5.92 Å². The average molecular weight is 379 g/mol. The van der Waals surface area contributed by atoms with Crippen molar-refractivity contribution < 1.29 is 4.74 Å². The summed E-state index contributed by atoms with van der Waals surface area (Å²) >= 11 is 8.47. The van der Waals surface area contributed by atoms with Gasteiger partial charge in [0.25, 0.3) is 0 Å². The van der Waals surface area contributed by atoms with Gasteiger partial charge in [-0.05, 0) is 36.5 Å². The van der Waals surface area contributed by atoms with E-state index in [0.717, 1.165) is 15.4 Å². The van der Waals surface area contributed by atoms with E-state index in [1.54, 1.807) is 0 Å². The van der Waals surface area contributed by atoms with Gasteiger partial charge in [-0.15, -0.1) is 0 Å². The molecular weight excluding hydrogens is 359 g/mol. The van der Waals surface area contributed by atoms with Crippen molar-refractivity contribution in [2.45, 2.75) is 44.8 Å². The summed E-state index contributed by atoms with van der Waals surface area (Å²) in [5, 5.41) is 0.789. The van der Waals surface area contributed by atoms with Crippen molar-refractivity contribution in [1.29, 1.82) is 0 Å². The van der Waals surface area contributed by atoms with Crippen LogP contribution in [0.5, 0.6) is 0 Å². The summed E-state index contributed by atoms with van der Waals surface area (Å²) in [6, 6.07) is 7.97. The van der Waals surface area contributed by atoms with Gasteiger partial charge in [-0.2, -0.15) is 0 Å². The summed E-state index contributed by atoms with van der Waals surface area (Å²) in [4.78, 5) is 0. The van der Waals surface area contributed by atoms with Gasteiger partial charge in [0.05, 0.1) is 12.2 Å². The number of hydrogen-bond donors (Lipinski definition) is 0. The molecule has 3 heteroatoms. The molecule has 100 valence electrons. The number of rotatable bonds is 4. The van der Waals surface area contributed by atoms with Crippen LogP contribution in [0.4, 0.5) is 0 Å². The van der Waals surface area contributed by atoms with Gasteiger partial charge in [-0.1, -0.05) is 66.1 Å². The monoisotopic (exact) mass is 378 g/mol. The Balaban J connectivity index is 1.98. The highest BCUT2D eigenvalue weighted by atomic mass is 127. The number of benzene rings is 1. The second-order valence-electron chi connectivity index (χ2n) is 5.44. The fourth-order valence-corrected chi connectivity index (χ4v) is 3.89. The molecule has 18 heavy (non-hydrogen) atoms. The summed E-state index contributed by atoms with van der Waals surface area (Å²) in [6.45, 7) is 3.01. The van der Waals surface area contributed by atoms with Crippen LogP contribution in [0.25, 0.3) is 0 Å². The molecule has 1 nitrogen and oxygen atoms in total. The van der Waals surface area contributed by atoms with E-state index in [4.69, 9.17) is 16.3 Å². The van der Waals surface area contributed by atoms with Crippen LogP contribution in [0.1, 0.15) is 38.2 Å². The molecule has 1 aromatic rings. The van der Waals surface area contributed by atoms with E-state index >= 15 is 0 Å². The normalized spacial score (nSPS) is 28.3. The average Bonchev–Trinajstić information content (AvgIpc) is 2.37. The third-order valence-corrected chi connectivity index (χ3v) is 5.35. The Morgan fingerprint density at radius 1 is 1.50 bits per heavy atom. The van der Waals surface area contributed by atoms with Gasteiger partial charge < -0.3 is 4.74 Å². The van der Waals surface area contributed by atoms with Crippen molar-refractivity contribution in [3.63, 3.8) is 0 Å². The minimum Gasteiger partial charge on any atom is -0.370 e. The minimum atomic E-state index is 0.0839. The molecule has 0 spiro atoms. The quantitative estimate of drug-likeness (QED) is 0.514. The van der Waals surface area contributed by atoms with E-state index in [-0.39, 0.29) is 5.60 Å². The summed E-state index contributed by atoms with van der Waals surface area (Å²) in [5.41, 5.74) is 1.26. The summed E-state index contributed by atoms with van der Waals surface area (Å²) < 4.78 is 7.34. The Morgan fingerprint density at radius 3 is 3.00 bits per heavy atom. The Kier molecular flexibility index (Phi) is 5.34. The molecule has 1 aromatic carbocycles. The van der Waals surface area contributed by atoms with E-state index < -0.39 is 0 Å². The predicted octanol–water partition coefficient (Wildman–Crippen LogP) is 5.24. The van der Waals surface area contributed by atoms with E-state index in [1.807, 2.05) is 18.2 Å². The van der Waals surface area contributed by atoms with Crippen LogP contribution in [0.15, 0.2) is 24.3 Å². The van der Waals surface area contributed by atoms with Crippen molar-refractivity contribution in [3.05, 3.63) is 34.9 Å². The molecule has 0 aromatic heterocycles. The maximum Gasteiger partial charge on any atom is 0.0778 e. The highest BCUT2D eigenvalue weighted by Gasteiger charge is 2.34. The van der Waals surface area contributed by atoms with Crippen molar-refractivity contribution in [3.8, 4) is 0 Å². The summed E-state index contributed by atoms with van der Waals surface area (Å²) in [6.07, 6.45) is 5.02. The molecule has 1 aliphatic rings. The molecule has 0 amide bonds. The lowest BCUT2D eigenvalue weighted by molar-refractivity contribution is -0.0717. The third-order valence-electron chi connectivity index (χ3n) is 3.73. The van der Waals surface area contributed by atoms with Crippen LogP contribution in [0.2, 0.25) is 5.02 Å². The Hall–Kier alpha value is 0.200. The zero-order valence-corrected chi connectivity index (χ0v) is 13.7. The van der Waals surface area contributed by atoms with Crippen LogP contribution in [-0.4, -0.2) is 10.0 Å². The SMILES string of the molecule is CC1CCCC(CI)(OCc2cccc(Cl)c2)C1. The predicted molar refractivity (Wildman–Crippen MR) is 85.5 cm³/mol. The zero-order valence-electron chi connectivity index (χ0n) is 10.8. The summed E-state index contributed by atoms with van der Waals surface area (Å²) in [7, 11) is 0. The molecule has 0 saturated heterocycles. The Bertz CT molecular complexity index is 396. The first-order valence-electron chi connectivity index (χ1n) is 6.58. The molecule has 1 aliphatic carbocycles. The van der Waals surface area contributed by atoms with E-state index in [1.165, 1.54) is 31.2 Å². The fourth-order valence-electron chi connectivity index (χ4n) is 2.77. The second kappa shape index (κ2) is 6.58. The zero-order chi connectivity index (χ0) is 13.0. The Labute approximate surface area is 128 Å². The molecule has 1 saturated carbocycles. The second-order valence-corrected chi connectivity index (χ2v) is 6.64. The first-order chi connectivity index (χ1) is 8.63. The van der Waals surface area contributed by atoms with Crippen molar-refractivity contribution in [1.82, 2.24) is 0 Å². The standard InChI is InChI=1S/C15H20ClIO/c1-12-4-3-7-15(9-12,11-17)18-10-13-5-2-6-14(16)8-13/h2,5-6,8,12H,3-4,7,9-11H2,1H3. The smallest absolute Gasteiger partial charge is 0.0778 e. The topological polar surface area (TPSA) is 9.23 Å². The molecule has 2 rings (SSSR count). The van der Waals surface area contributed by atoms with Crippen LogP contribution in [-0.2, 0) is 11.3 Å². The summed E-state index contributed by atoms with van der Waals surface area (Å²) in [5.74, 6) is 0.785. The third kappa shape index (κ3) is 3.84. The molecule has 2 unspecified atom stereocenters. The van der Waals surface area contributed by atoms with Gasteiger partial charge in [0, 0.05) is 9.45 Å². The largest absolute Gasteiger partial charge is 0.370 e. The maximum atomic E-state index is 6.27. The van der Waals surface area contributed by atoms with Gasteiger partial charge in [0.1, 0.15) is 0 Å². The van der Waals surface area contributed by atoms with Gasteiger partial charge >= 0.3 is 0 Å². The van der Waals surface area contributed by atoms with E-state index in [2.05, 4.69) is 35.6 Å². The molecule has 0 aliphatic heterocycles. The lowest BCUT2D eigenvalue weighted by Gasteiger charge is -2.38. The minimum absolute atomic E-state index is 0.0839.